The molecule has 0 saturated carbocycles. The summed E-state index contributed by atoms with van der Waals surface area (Å²) in [6.45, 7) is 2.46. The maximum absolute atomic E-state index is 12.1. The van der Waals surface area contributed by atoms with Crippen molar-refractivity contribution in [2.45, 2.75) is 13.3 Å². The van der Waals surface area contributed by atoms with Crippen LogP contribution in [0.4, 0.5) is 5.69 Å². The molecule has 0 saturated heterocycles. The maximum atomic E-state index is 12.1. The highest BCUT2D eigenvalue weighted by molar-refractivity contribution is 6.06. The van der Waals surface area contributed by atoms with Crippen LogP contribution in [0.25, 0.3) is 0 Å². The normalized spacial score (nSPS) is 10.3. The third-order valence-electron chi connectivity index (χ3n) is 3.04. The van der Waals surface area contributed by atoms with Crippen molar-refractivity contribution in [3.63, 3.8) is 0 Å². The number of amides is 1. The number of carbonyl (C=O) groups is 1. The molecule has 0 bridgehead atoms. The Morgan fingerprint density at radius 3 is 2.50 bits per heavy atom. The summed E-state index contributed by atoms with van der Waals surface area (Å²) < 4.78 is 0. The number of nitrogens with two attached hydrogens (primary N) is 1. The van der Waals surface area contributed by atoms with Crippen molar-refractivity contribution in [3.05, 3.63) is 59.2 Å². The van der Waals surface area contributed by atoms with E-state index in [2.05, 4.69) is 5.32 Å². The van der Waals surface area contributed by atoms with Gasteiger partial charge in [0.25, 0.3) is 5.91 Å². The highest BCUT2D eigenvalue weighted by atomic mass is 16.3. The molecule has 1 amide bonds. The SMILES string of the molecule is Cc1ccc(C(=O)Nc2ccc(CCN)cc2)c(O)c1. The molecular formula is C16H18N2O2. The average molecular weight is 270 g/mol. The Hall–Kier alpha value is -2.33. The smallest absolute Gasteiger partial charge is 0.259 e. The number of phenols is 1. The predicted octanol–water partition coefficient (Wildman–Crippen LogP) is 2.45. The third-order valence-corrected chi connectivity index (χ3v) is 3.04. The molecule has 0 aromatic heterocycles. The van der Waals surface area contributed by atoms with Gasteiger partial charge in [-0.3, -0.25) is 4.79 Å². The zero-order chi connectivity index (χ0) is 14.5. The lowest BCUT2D eigenvalue weighted by Gasteiger charge is -2.08. The van der Waals surface area contributed by atoms with Gasteiger partial charge in [0.15, 0.2) is 0 Å². The molecule has 0 fully saturated rings. The highest BCUT2D eigenvalue weighted by Gasteiger charge is 2.11. The van der Waals surface area contributed by atoms with Crippen molar-refractivity contribution in [1.29, 1.82) is 0 Å². The van der Waals surface area contributed by atoms with Crippen LogP contribution < -0.4 is 11.1 Å². The van der Waals surface area contributed by atoms with Crippen LogP contribution >= 0.6 is 0 Å². The second-order valence-electron chi connectivity index (χ2n) is 4.71. The van der Waals surface area contributed by atoms with Crippen LogP contribution in [0.3, 0.4) is 0 Å². The first-order valence-corrected chi connectivity index (χ1v) is 6.50. The van der Waals surface area contributed by atoms with Gasteiger partial charge in [-0.15, -0.1) is 0 Å². The third kappa shape index (κ3) is 3.36. The van der Waals surface area contributed by atoms with Gasteiger partial charge < -0.3 is 16.2 Å². The van der Waals surface area contributed by atoms with E-state index in [0.717, 1.165) is 17.5 Å². The Labute approximate surface area is 118 Å². The van der Waals surface area contributed by atoms with E-state index in [-0.39, 0.29) is 17.2 Å². The number of aromatic hydroxyl groups is 1. The van der Waals surface area contributed by atoms with Crippen molar-refractivity contribution < 1.29 is 9.90 Å². The van der Waals surface area contributed by atoms with Gasteiger partial charge in [-0.2, -0.15) is 0 Å². The van der Waals surface area contributed by atoms with E-state index in [4.69, 9.17) is 5.73 Å². The summed E-state index contributed by atoms with van der Waals surface area (Å²) in [5.74, 6) is -0.337. The first-order chi connectivity index (χ1) is 9.60. The summed E-state index contributed by atoms with van der Waals surface area (Å²) in [7, 11) is 0. The Balaban J connectivity index is 2.11. The fourth-order valence-electron chi connectivity index (χ4n) is 1.95. The number of nitrogens with one attached hydrogen (secondary N) is 1. The summed E-state index contributed by atoms with van der Waals surface area (Å²) in [5, 5.41) is 12.5. The number of hydrogen-bond donors (Lipinski definition) is 3. The molecule has 4 heteroatoms. The lowest BCUT2D eigenvalue weighted by atomic mass is 10.1. The van der Waals surface area contributed by atoms with E-state index in [9.17, 15) is 9.90 Å². The van der Waals surface area contributed by atoms with E-state index in [1.54, 1.807) is 18.2 Å². The van der Waals surface area contributed by atoms with Crippen molar-refractivity contribution in [1.82, 2.24) is 0 Å². The first kappa shape index (κ1) is 14.1. The molecule has 0 heterocycles. The van der Waals surface area contributed by atoms with E-state index in [0.29, 0.717) is 12.2 Å². The molecule has 0 aliphatic rings. The number of anilines is 1. The van der Waals surface area contributed by atoms with E-state index < -0.39 is 0 Å². The first-order valence-electron chi connectivity index (χ1n) is 6.50. The molecule has 0 aliphatic heterocycles. The Bertz CT molecular complexity index is 606. The highest BCUT2D eigenvalue weighted by Crippen LogP contribution is 2.20. The maximum Gasteiger partial charge on any atom is 0.259 e. The fourth-order valence-corrected chi connectivity index (χ4v) is 1.95. The van der Waals surface area contributed by atoms with Crippen molar-refractivity contribution >= 4 is 11.6 Å². The number of phenolic OH excluding ortho intramolecular Hbond substituents is 1. The van der Waals surface area contributed by atoms with Crippen LogP contribution in [0.2, 0.25) is 0 Å². The molecular weight excluding hydrogens is 252 g/mol. The topological polar surface area (TPSA) is 75.4 Å². The molecule has 104 valence electrons. The van der Waals surface area contributed by atoms with Crippen LogP contribution in [-0.2, 0) is 6.42 Å². The molecule has 2 aromatic rings. The summed E-state index contributed by atoms with van der Waals surface area (Å²) >= 11 is 0. The molecule has 2 rings (SSSR count). The minimum atomic E-state index is -0.325. The lowest BCUT2D eigenvalue weighted by Crippen LogP contribution is -2.12. The fraction of sp³-hybridized carbons (Fsp3) is 0.188. The monoisotopic (exact) mass is 270 g/mol. The van der Waals surface area contributed by atoms with Crippen molar-refractivity contribution in [2.75, 3.05) is 11.9 Å². The molecule has 4 N–H and O–H groups in total. The summed E-state index contributed by atoms with van der Waals surface area (Å²) in [5.41, 5.74) is 8.48. The second kappa shape index (κ2) is 6.21. The van der Waals surface area contributed by atoms with Crippen LogP contribution in [0.15, 0.2) is 42.5 Å². The minimum Gasteiger partial charge on any atom is -0.507 e. The number of carbonyl (C=O) groups excluding carboxylic acids is 1. The van der Waals surface area contributed by atoms with Crippen LogP contribution in [0.5, 0.6) is 5.75 Å². The molecule has 20 heavy (non-hydrogen) atoms. The standard InChI is InChI=1S/C16H18N2O2/c1-11-2-7-14(15(19)10-11)16(20)18-13-5-3-12(4-6-13)8-9-17/h2-7,10,19H,8-9,17H2,1H3,(H,18,20). The Kier molecular flexibility index (Phi) is 4.38. The minimum absolute atomic E-state index is 0.0118. The van der Waals surface area contributed by atoms with Gasteiger partial charge in [0.2, 0.25) is 0 Å². The quantitative estimate of drug-likeness (QED) is 0.798. The molecule has 0 unspecified atom stereocenters. The lowest BCUT2D eigenvalue weighted by molar-refractivity contribution is 0.102. The van der Waals surface area contributed by atoms with Crippen LogP contribution in [0, 0.1) is 6.92 Å². The zero-order valence-electron chi connectivity index (χ0n) is 11.4. The van der Waals surface area contributed by atoms with Gasteiger partial charge in [-0.25, -0.2) is 0 Å². The molecule has 0 aliphatic carbocycles. The summed E-state index contributed by atoms with van der Waals surface area (Å²) in [4.78, 5) is 12.1. The van der Waals surface area contributed by atoms with Crippen LogP contribution in [0.1, 0.15) is 21.5 Å². The Morgan fingerprint density at radius 2 is 1.90 bits per heavy atom. The average Bonchev–Trinajstić information content (AvgIpc) is 2.41. The number of rotatable bonds is 4. The summed E-state index contributed by atoms with van der Waals surface area (Å²) in [6.07, 6.45) is 0.812. The van der Waals surface area contributed by atoms with Gasteiger partial charge in [0.05, 0.1) is 5.56 Å². The van der Waals surface area contributed by atoms with E-state index in [1.165, 1.54) is 0 Å². The van der Waals surface area contributed by atoms with Crippen molar-refractivity contribution in [2.24, 2.45) is 5.73 Å². The van der Waals surface area contributed by atoms with Crippen molar-refractivity contribution in [3.8, 4) is 5.75 Å². The van der Waals surface area contributed by atoms with E-state index in [1.807, 2.05) is 31.2 Å². The zero-order valence-corrected chi connectivity index (χ0v) is 11.4. The van der Waals surface area contributed by atoms with E-state index >= 15 is 0 Å². The number of benzene rings is 2. The molecule has 0 radical (unpaired) electrons. The predicted molar refractivity (Wildman–Crippen MR) is 80.0 cm³/mol. The Morgan fingerprint density at radius 1 is 1.20 bits per heavy atom. The van der Waals surface area contributed by atoms with Gasteiger partial charge in [-0.1, -0.05) is 18.2 Å². The van der Waals surface area contributed by atoms with Crippen LogP contribution in [-0.4, -0.2) is 17.6 Å². The van der Waals surface area contributed by atoms with Gasteiger partial charge >= 0.3 is 0 Å². The van der Waals surface area contributed by atoms with Gasteiger partial charge in [0.1, 0.15) is 5.75 Å². The van der Waals surface area contributed by atoms with Gasteiger partial charge in [-0.05, 0) is 55.3 Å². The number of aryl methyl sites for hydroxylation is 1. The molecule has 4 nitrogen and oxygen atoms in total. The molecule has 0 spiro atoms. The number of hydrogen-bond acceptors (Lipinski definition) is 3. The second-order valence-corrected chi connectivity index (χ2v) is 4.71. The summed E-state index contributed by atoms with van der Waals surface area (Å²) in [6, 6.07) is 12.5. The molecule has 2 aromatic carbocycles. The molecule has 0 atom stereocenters. The van der Waals surface area contributed by atoms with Gasteiger partial charge in [0, 0.05) is 5.69 Å². The largest absolute Gasteiger partial charge is 0.507 e.